The Hall–Kier alpha value is -1.89. The Kier molecular flexibility index (Phi) is 5.41. The van der Waals surface area contributed by atoms with Crippen LogP contribution < -0.4 is 0 Å². The second kappa shape index (κ2) is 7.12. The van der Waals surface area contributed by atoms with Crippen molar-refractivity contribution in [2.45, 2.75) is 32.7 Å². The largest absolute Gasteiger partial charge is 0.361 e. The van der Waals surface area contributed by atoms with Gasteiger partial charge >= 0.3 is 0 Å². The van der Waals surface area contributed by atoms with E-state index in [4.69, 9.17) is 4.52 Å². The van der Waals surface area contributed by atoms with Crippen molar-refractivity contribution >= 4 is 11.8 Å². The third kappa shape index (κ3) is 3.90. The van der Waals surface area contributed by atoms with E-state index in [0.717, 1.165) is 17.0 Å². The monoisotopic (exact) mass is 322 g/mol. The summed E-state index contributed by atoms with van der Waals surface area (Å²) in [5.74, 6) is 0.889. The third-order valence-corrected chi connectivity index (χ3v) is 4.50. The van der Waals surface area contributed by atoms with E-state index in [2.05, 4.69) is 5.16 Å². The van der Waals surface area contributed by atoms with E-state index in [0.29, 0.717) is 32.5 Å². The van der Waals surface area contributed by atoms with Crippen molar-refractivity contribution in [1.82, 2.24) is 19.9 Å². The van der Waals surface area contributed by atoms with E-state index in [-0.39, 0.29) is 17.9 Å². The number of piperazine rings is 1. The van der Waals surface area contributed by atoms with Gasteiger partial charge < -0.3 is 14.3 Å². The minimum atomic E-state index is -0.262. The summed E-state index contributed by atoms with van der Waals surface area (Å²) < 4.78 is 5.13. The number of rotatable bonds is 4. The van der Waals surface area contributed by atoms with Crippen molar-refractivity contribution in [2.24, 2.45) is 0 Å². The van der Waals surface area contributed by atoms with Crippen molar-refractivity contribution in [2.75, 3.05) is 40.8 Å². The summed E-state index contributed by atoms with van der Waals surface area (Å²) in [6.45, 7) is 5.57. The zero-order valence-electron chi connectivity index (χ0n) is 14.6. The first-order valence-electron chi connectivity index (χ1n) is 7.92. The Labute approximate surface area is 137 Å². The van der Waals surface area contributed by atoms with E-state index in [9.17, 15) is 9.59 Å². The SMILES string of the molecule is Cc1noc(C)c1CCC(=O)N1CCN(C)C(C(=O)N(C)C)C1. The fourth-order valence-electron chi connectivity index (χ4n) is 2.91. The third-order valence-electron chi connectivity index (χ3n) is 4.50. The predicted molar refractivity (Wildman–Crippen MR) is 86.0 cm³/mol. The number of amides is 2. The van der Waals surface area contributed by atoms with Crippen LogP contribution in [0.5, 0.6) is 0 Å². The lowest BCUT2D eigenvalue weighted by atomic mass is 10.1. The van der Waals surface area contributed by atoms with Gasteiger partial charge in [0.25, 0.3) is 0 Å². The summed E-state index contributed by atoms with van der Waals surface area (Å²) in [5, 5.41) is 3.91. The molecule has 1 aliphatic heterocycles. The first-order chi connectivity index (χ1) is 10.8. The van der Waals surface area contributed by atoms with Gasteiger partial charge in [0.15, 0.2) is 0 Å². The Morgan fingerprint density at radius 1 is 1.30 bits per heavy atom. The lowest BCUT2D eigenvalue weighted by molar-refractivity contribution is -0.141. The summed E-state index contributed by atoms with van der Waals surface area (Å²) in [4.78, 5) is 30.1. The van der Waals surface area contributed by atoms with Crippen molar-refractivity contribution < 1.29 is 14.1 Å². The number of nitrogens with zero attached hydrogens (tertiary/aromatic N) is 4. The summed E-state index contributed by atoms with van der Waals surface area (Å²) in [7, 11) is 5.42. The van der Waals surface area contributed by atoms with Crippen molar-refractivity contribution in [1.29, 1.82) is 0 Å². The Balaban J connectivity index is 1.96. The summed E-state index contributed by atoms with van der Waals surface area (Å²) >= 11 is 0. The number of hydrogen-bond acceptors (Lipinski definition) is 5. The molecule has 2 rings (SSSR count). The van der Waals surface area contributed by atoms with Gasteiger partial charge in [-0.2, -0.15) is 0 Å². The molecule has 1 aromatic rings. The topological polar surface area (TPSA) is 69.9 Å². The molecule has 0 saturated carbocycles. The van der Waals surface area contributed by atoms with Gasteiger partial charge in [0.05, 0.1) is 5.69 Å². The number of aromatic nitrogens is 1. The molecular weight excluding hydrogens is 296 g/mol. The fraction of sp³-hybridized carbons (Fsp3) is 0.688. The van der Waals surface area contributed by atoms with Gasteiger partial charge in [-0.25, -0.2) is 0 Å². The fourth-order valence-corrected chi connectivity index (χ4v) is 2.91. The minimum absolute atomic E-state index is 0.0377. The molecule has 23 heavy (non-hydrogen) atoms. The molecule has 1 unspecified atom stereocenters. The molecule has 2 amide bonds. The number of carbonyl (C=O) groups is 2. The maximum absolute atomic E-state index is 12.5. The Morgan fingerprint density at radius 3 is 2.57 bits per heavy atom. The van der Waals surface area contributed by atoms with Crippen LogP contribution in [0.15, 0.2) is 4.52 Å². The van der Waals surface area contributed by atoms with Crippen molar-refractivity contribution in [3.63, 3.8) is 0 Å². The smallest absolute Gasteiger partial charge is 0.241 e. The molecule has 128 valence electrons. The van der Waals surface area contributed by atoms with Gasteiger partial charge in [-0.05, 0) is 27.3 Å². The van der Waals surface area contributed by atoms with Gasteiger partial charge in [0.2, 0.25) is 11.8 Å². The molecular formula is C16H26N4O3. The lowest BCUT2D eigenvalue weighted by Crippen LogP contribution is -2.58. The highest BCUT2D eigenvalue weighted by Crippen LogP contribution is 2.16. The molecule has 1 atom stereocenters. The van der Waals surface area contributed by atoms with Gasteiger partial charge in [0, 0.05) is 45.7 Å². The summed E-state index contributed by atoms with van der Waals surface area (Å²) in [5.41, 5.74) is 1.85. The standard InChI is InChI=1S/C16H26N4O3/c1-11-13(12(2)23-17-11)6-7-15(21)20-9-8-19(5)14(10-20)16(22)18(3)4/h14H,6-10H2,1-5H3. The van der Waals surface area contributed by atoms with Crippen LogP contribution in [0.2, 0.25) is 0 Å². The summed E-state index contributed by atoms with van der Waals surface area (Å²) in [6, 6.07) is -0.262. The van der Waals surface area contributed by atoms with E-state index in [1.165, 1.54) is 0 Å². The first-order valence-corrected chi connectivity index (χ1v) is 7.92. The number of aryl methyl sites for hydroxylation is 2. The van der Waals surface area contributed by atoms with Crippen LogP contribution in [-0.4, -0.2) is 78.5 Å². The molecule has 1 aliphatic rings. The average molecular weight is 322 g/mol. The highest BCUT2D eigenvalue weighted by Gasteiger charge is 2.32. The van der Waals surface area contributed by atoms with Crippen LogP contribution in [0.25, 0.3) is 0 Å². The Bertz CT molecular complexity index is 562. The van der Waals surface area contributed by atoms with Crippen molar-refractivity contribution in [3.05, 3.63) is 17.0 Å². The molecule has 0 N–H and O–H groups in total. The van der Waals surface area contributed by atoms with E-state index >= 15 is 0 Å². The van der Waals surface area contributed by atoms with E-state index in [1.807, 2.05) is 25.8 Å². The molecule has 0 spiro atoms. The van der Waals surface area contributed by atoms with Crippen LogP contribution in [0.1, 0.15) is 23.4 Å². The molecule has 0 aliphatic carbocycles. The van der Waals surface area contributed by atoms with Gasteiger partial charge in [-0.3, -0.25) is 14.5 Å². The van der Waals surface area contributed by atoms with Crippen LogP contribution >= 0.6 is 0 Å². The van der Waals surface area contributed by atoms with Gasteiger partial charge in [-0.1, -0.05) is 5.16 Å². The number of likely N-dealkylation sites (N-methyl/N-ethyl adjacent to an activating group) is 2. The predicted octanol–water partition coefficient (Wildman–Crippen LogP) is 0.455. The lowest BCUT2D eigenvalue weighted by Gasteiger charge is -2.39. The van der Waals surface area contributed by atoms with E-state index in [1.54, 1.807) is 23.9 Å². The van der Waals surface area contributed by atoms with Crippen LogP contribution in [-0.2, 0) is 16.0 Å². The number of carbonyl (C=O) groups excluding carboxylic acids is 2. The zero-order valence-corrected chi connectivity index (χ0v) is 14.6. The maximum Gasteiger partial charge on any atom is 0.241 e. The quantitative estimate of drug-likeness (QED) is 0.805. The average Bonchev–Trinajstić information content (AvgIpc) is 2.83. The molecule has 2 heterocycles. The maximum atomic E-state index is 12.5. The highest BCUT2D eigenvalue weighted by atomic mass is 16.5. The molecule has 1 fully saturated rings. The molecule has 0 radical (unpaired) electrons. The molecule has 0 aromatic carbocycles. The van der Waals surface area contributed by atoms with Gasteiger partial charge in [-0.15, -0.1) is 0 Å². The molecule has 1 aromatic heterocycles. The molecule has 7 heteroatoms. The zero-order chi connectivity index (χ0) is 17.1. The first kappa shape index (κ1) is 17.5. The van der Waals surface area contributed by atoms with Crippen LogP contribution in [0.3, 0.4) is 0 Å². The second-order valence-electron chi connectivity index (χ2n) is 6.37. The molecule has 7 nitrogen and oxygen atoms in total. The van der Waals surface area contributed by atoms with Crippen molar-refractivity contribution in [3.8, 4) is 0 Å². The second-order valence-corrected chi connectivity index (χ2v) is 6.37. The Morgan fingerprint density at radius 2 is 2.00 bits per heavy atom. The highest BCUT2D eigenvalue weighted by molar-refractivity contribution is 5.83. The normalized spacial score (nSPS) is 19.0. The van der Waals surface area contributed by atoms with Gasteiger partial charge in [0.1, 0.15) is 11.8 Å². The van der Waals surface area contributed by atoms with E-state index < -0.39 is 0 Å². The molecule has 1 saturated heterocycles. The summed E-state index contributed by atoms with van der Waals surface area (Å²) in [6.07, 6.45) is 1.04. The minimum Gasteiger partial charge on any atom is -0.361 e. The molecule has 0 bridgehead atoms. The number of hydrogen-bond donors (Lipinski definition) is 0. The van der Waals surface area contributed by atoms with Crippen LogP contribution in [0, 0.1) is 13.8 Å². The van der Waals surface area contributed by atoms with Crippen LogP contribution in [0.4, 0.5) is 0 Å².